The van der Waals surface area contributed by atoms with Crippen LogP contribution in [0.5, 0.6) is 0 Å². The summed E-state index contributed by atoms with van der Waals surface area (Å²) in [5, 5.41) is 0. The minimum absolute atomic E-state index is 0.559. The van der Waals surface area contributed by atoms with Gasteiger partial charge in [-0.15, -0.1) is 0 Å². The van der Waals surface area contributed by atoms with Crippen LogP contribution in [-0.4, -0.2) is 17.8 Å². The van der Waals surface area contributed by atoms with E-state index in [1.165, 1.54) is 95.6 Å². The highest BCUT2D eigenvalue weighted by atomic mass is 32.2. The molecule has 0 aromatic carbocycles. The van der Waals surface area contributed by atoms with Crippen LogP contribution in [0.1, 0.15) is 104 Å². The van der Waals surface area contributed by atoms with Crippen LogP contribution in [0.3, 0.4) is 0 Å². The van der Waals surface area contributed by atoms with Gasteiger partial charge in [0, 0.05) is 0 Å². The lowest BCUT2D eigenvalue weighted by Gasteiger charge is -2.16. The topological polar surface area (TPSA) is 17.1 Å². The molecule has 0 fully saturated rings. The normalized spacial score (nSPS) is 11.2. The number of rotatable bonds is 18. The quantitative estimate of drug-likeness (QED) is 0.253. The fraction of sp³-hybridized carbons (Fsp3) is 0.950. The summed E-state index contributed by atoms with van der Waals surface area (Å²) in [4.78, 5) is 10.4. The predicted molar refractivity (Wildman–Crippen MR) is 102 cm³/mol. The fourth-order valence-electron chi connectivity index (χ4n) is 3.00. The zero-order valence-electron chi connectivity index (χ0n) is 15.2. The maximum absolute atomic E-state index is 10.4. The van der Waals surface area contributed by atoms with Crippen molar-refractivity contribution in [3.63, 3.8) is 0 Å². The molecule has 0 amide bonds. The monoisotopic (exact) mass is 327 g/mol. The van der Waals surface area contributed by atoms with Crippen LogP contribution >= 0.6 is 11.8 Å². The maximum Gasteiger partial charge on any atom is 0.209 e. The Morgan fingerprint density at radius 2 is 1.18 bits per heavy atom. The van der Waals surface area contributed by atoms with E-state index >= 15 is 0 Å². The van der Waals surface area contributed by atoms with Crippen LogP contribution in [0, 0.1) is 5.92 Å². The van der Waals surface area contributed by atoms with E-state index in [-0.39, 0.29) is 0 Å². The Labute approximate surface area is 144 Å². The van der Waals surface area contributed by atoms with Gasteiger partial charge in [0.05, 0.1) is 5.75 Å². The van der Waals surface area contributed by atoms with Crippen LogP contribution < -0.4 is 0 Å². The first-order valence-corrected chi connectivity index (χ1v) is 10.9. The highest BCUT2D eigenvalue weighted by molar-refractivity contribution is 7.99. The van der Waals surface area contributed by atoms with Crippen molar-refractivity contribution < 1.29 is 4.79 Å². The molecule has 0 unspecified atom stereocenters. The van der Waals surface area contributed by atoms with Crippen molar-refractivity contribution in [2.45, 2.75) is 104 Å². The number of hydrogen-bond acceptors (Lipinski definition) is 2. The molecule has 0 N–H and O–H groups in total. The smallest absolute Gasteiger partial charge is 0.209 e. The summed E-state index contributed by atoms with van der Waals surface area (Å²) >= 11 is 1.78. The first-order valence-electron chi connectivity index (χ1n) is 9.77. The van der Waals surface area contributed by atoms with Gasteiger partial charge in [0.1, 0.15) is 0 Å². The van der Waals surface area contributed by atoms with E-state index in [9.17, 15) is 4.79 Å². The molecule has 2 heteroatoms. The van der Waals surface area contributed by atoms with Gasteiger partial charge in [-0.1, -0.05) is 90.9 Å². The van der Waals surface area contributed by atoms with Crippen LogP contribution in [0.4, 0.5) is 0 Å². The SMILES string of the molecule is CCCCCCCCC(CCCCCCCC)CSC[C]=O. The van der Waals surface area contributed by atoms with Crippen molar-refractivity contribution in [3.05, 3.63) is 0 Å². The molecule has 0 aliphatic rings. The lowest BCUT2D eigenvalue weighted by atomic mass is 9.95. The molecule has 0 bridgehead atoms. The first kappa shape index (κ1) is 22.0. The number of unbranched alkanes of at least 4 members (excludes halogenated alkanes) is 10. The summed E-state index contributed by atoms with van der Waals surface area (Å²) in [6.45, 7) is 4.55. The van der Waals surface area contributed by atoms with Crippen LogP contribution in [-0.2, 0) is 4.79 Å². The Hall–Kier alpha value is 0.0200. The summed E-state index contributed by atoms with van der Waals surface area (Å²) in [5.41, 5.74) is 0. The minimum Gasteiger partial charge on any atom is -0.290 e. The van der Waals surface area contributed by atoms with Gasteiger partial charge in [-0.2, -0.15) is 11.8 Å². The van der Waals surface area contributed by atoms with Crippen LogP contribution in [0.15, 0.2) is 0 Å². The van der Waals surface area contributed by atoms with Crippen molar-refractivity contribution in [2.75, 3.05) is 11.5 Å². The molecule has 0 saturated carbocycles. The lowest BCUT2D eigenvalue weighted by Crippen LogP contribution is -2.05. The van der Waals surface area contributed by atoms with Gasteiger partial charge < -0.3 is 0 Å². The molecule has 1 nitrogen and oxygen atoms in total. The van der Waals surface area contributed by atoms with Crippen molar-refractivity contribution >= 4 is 18.0 Å². The largest absolute Gasteiger partial charge is 0.290 e. The first-order chi connectivity index (χ1) is 10.8. The Balaban J connectivity index is 3.67. The van der Waals surface area contributed by atoms with E-state index < -0.39 is 0 Å². The van der Waals surface area contributed by atoms with E-state index in [4.69, 9.17) is 0 Å². The molecule has 131 valence electrons. The molecule has 0 saturated heterocycles. The fourth-order valence-corrected chi connectivity index (χ4v) is 3.87. The average Bonchev–Trinajstić information content (AvgIpc) is 2.53. The number of hydrogen-bond donors (Lipinski definition) is 0. The standard InChI is InChI=1S/C20H39OS/c1-3-5-7-9-11-13-15-20(19-22-18-17-21)16-14-12-10-8-6-4-2/h20H,3-16,18-19H2,1-2H3. The second kappa shape index (κ2) is 19.1. The zero-order chi connectivity index (χ0) is 16.3. The van der Waals surface area contributed by atoms with Gasteiger partial charge in [-0.3, -0.25) is 4.79 Å². The molecule has 1 radical (unpaired) electrons. The molecule has 0 atom stereocenters. The third-order valence-corrected chi connectivity index (χ3v) is 5.48. The minimum atomic E-state index is 0.559. The van der Waals surface area contributed by atoms with E-state index in [0.717, 1.165) is 5.92 Å². The van der Waals surface area contributed by atoms with Gasteiger partial charge >= 0.3 is 0 Å². The van der Waals surface area contributed by atoms with Crippen LogP contribution in [0.25, 0.3) is 0 Å². The Morgan fingerprint density at radius 3 is 1.64 bits per heavy atom. The summed E-state index contributed by atoms with van der Waals surface area (Å²) in [5.74, 6) is 2.55. The molecule has 0 aliphatic carbocycles. The van der Waals surface area contributed by atoms with E-state index in [0.29, 0.717) is 5.75 Å². The highest BCUT2D eigenvalue weighted by Gasteiger charge is 2.08. The summed E-state index contributed by atoms with van der Waals surface area (Å²) in [6, 6.07) is 0. The molecule has 0 heterocycles. The summed E-state index contributed by atoms with van der Waals surface area (Å²) < 4.78 is 0. The highest BCUT2D eigenvalue weighted by Crippen LogP contribution is 2.22. The Kier molecular flexibility index (Phi) is 19.1. The third-order valence-electron chi connectivity index (χ3n) is 4.45. The molecule has 0 rings (SSSR count). The predicted octanol–water partition coefficient (Wildman–Crippen LogP) is 6.95. The molecule has 0 spiro atoms. The maximum atomic E-state index is 10.4. The third kappa shape index (κ3) is 16.4. The Bertz CT molecular complexity index is 202. The summed E-state index contributed by atoms with van der Waals surface area (Å²) in [6.07, 6.45) is 21.4. The molecule has 22 heavy (non-hydrogen) atoms. The van der Waals surface area contributed by atoms with E-state index in [2.05, 4.69) is 13.8 Å². The van der Waals surface area contributed by atoms with Gasteiger partial charge in [0.15, 0.2) is 0 Å². The van der Waals surface area contributed by atoms with E-state index in [1.807, 2.05) is 6.29 Å². The lowest BCUT2D eigenvalue weighted by molar-refractivity contribution is 0.437. The van der Waals surface area contributed by atoms with Gasteiger partial charge in [0.2, 0.25) is 6.29 Å². The molecule has 0 aromatic rings. The molecule has 0 aromatic heterocycles. The molecule has 0 aliphatic heterocycles. The number of carbonyl (C=O) groups excluding carboxylic acids is 1. The van der Waals surface area contributed by atoms with Gasteiger partial charge in [0.25, 0.3) is 0 Å². The second-order valence-corrected chi connectivity index (χ2v) is 7.67. The van der Waals surface area contributed by atoms with Crippen molar-refractivity contribution in [3.8, 4) is 0 Å². The van der Waals surface area contributed by atoms with Crippen molar-refractivity contribution in [1.29, 1.82) is 0 Å². The van der Waals surface area contributed by atoms with Crippen molar-refractivity contribution in [1.82, 2.24) is 0 Å². The van der Waals surface area contributed by atoms with Gasteiger partial charge in [-0.25, -0.2) is 0 Å². The van der Waals surface area contributed by atoms with E-state index in [1.54, 1.807) is 11.8 Å². The number of thioether (sulfide) groups is 1. The molecular weight excluding hydrogens is 288 g/mol. The van der Waals surface area contributed by atoms with Gasteiger partial charge in [-0.05, 0) is 24.5 Å². The zero-order valence-corrected chi connectivity index (χ0v) is 16.0. The molecular formula is C20H39OS. The average molecular weight is 328 g/mol. The van der Waals surface area contributed by atoms with Crippen LogP contribution in [0.2, 0.25) is 0 Å². The van der Waals surface area contributed by atoms with Crippen molar-refractivity contribution in [2.24, 2.45) is 5.92 Å². The second-order valence-electron chi connectivity index (χ2n) is 6.64. The summed E-state index contributed by atoms with van der Waals surface area (Å²) in [7, 11) is 0. The Morgan fingerprint density at radius 1 is 0.727 bits per heavy atom.